The molecule has 0 bridgehead atoms. The number of pyridine rings is 2. The zero-order valence-corrected chi connectivity index (χ0v) is 17.7. The summed E-state index contributed by atoms with van der Waals surface area (Å²) >= 11 is 0. The van der Waals surface area contributed by atoms with Crippen LogP contribution in [0.4, 0.5) is 14.5 Å². The van der Waals surface area contributed by atoms with Crippen molar-refractivity contribution in [1.29, 1.82) is 0 Å². The van der Waals surface area contributed by atoms with Gasteiger partial charge in [-0.1, -0.05) is 6.07 Å². The minimum atomic E-state index is -1.02. The summed E-state index contributed by atoms with van der Waals surface area (Å²) in [6.07, 6.45) is 2.71. The predicted molar refractivity (Wildman–Crippen MR) is 119 cm³/mol. The number of rotatable bonds is 2. The highest BCUT2D eigenvalue weighted by Crippen LogP contribution is 2.51. The Morgan fingerprint density at radius 3 is 2.85 bits per heavy atom. The van der Waals surface area contributed by atoms with Crippen LogP contribution in [0.3, 0.4) is 0 Å². The van der Waals surface area contributed by atoms with Gasteiger partial charge in [0.25, 0.3) is 0 Å². The molecule has 33 heavy (non-hydrogen) atoms. The molecule has 2 aromatic heterocycles. The van der Waals surface area contributed by atoms with E-state index >= 15 is 0 Å². The summed E-state index contributed by atoms with van der Waals surface area (Å²) in [5.41, 5.74) is 8.29. The van der Waals surface area contributed by atoms with Crippen molar-refractivity contribution >= 4 is 11.5 Å². The zero-order chi connectivity index (χ0) is 22.6. The van der Waals surface area contributed by atoms with Crippen molar-refractivity contribution in [2.45, 2.75) is 18.1 Å². The second kappa shape index (κ2) is 7.48. The Morgan fingerprint density at radius 1 is 1.15 bits per heavy atom. The molecule has 1 saturated heterocycles. The molecule has 168 valence electrons. The number of benzene rings is 1. The predicted octanol–water partition coefficient (Wildman–Crippen LogP) is 3.57. The van der Waals surface area contributed by atoms with Gasteiger partial charge in [0.15, 0.2) is 0 Å². The van der Waals surface area contributed by atoms with Crippen LogP contribution in [0, 0.1) is 5.95 Å². The van der Waals surface area contributed by atoms with Crippen molar-refractivity contribution in [2.75, 3.05) is 31.2 Å². The fraction of sp³-hybridized carbons (Fsp3) is 0.292. The van der Waals surface area contributed by atoms with Crippen molar-refractivity contribution in [3.63, 3.8) is 0 Å². The third-order valence-electron chi connectivity index (χ3n) is 6.38. The number of amidine groups is 1. The van der Waals surface area contributed by atoms with Gasteiger partial charge in [-0.15, -0.1) is 0 Å². The molecule has 0 aliphatic carbocycles. The Morgan fingerprint density at radius 2 is 2.06 bits per heavy atom. The smallest absolute Gasteiger partial charge is 0.225 e. The zero-order valence-electron chi connectivity index (χ0n) is 17.7. The maximum atomic E-state index is 14.4. The Balaban J connectivity index is 1.54. The average molecular weight is 449 g/mol. The number of nitrogens with two attached hydrogens (primary N) is 1. The van der Waals surface area contributed by atoms with Crippen molar-refractivity contribution in [1.82, 2.24) is 9.97 Å². The maximum Gasteiger partial charge on any atom is 0.225 e. The molecule has 1 aromatic carbocycles. The van der Waals surface area contributed by atoms with E-state index in [4.69, 9.17) is 20.2 Å². The fourth-order valence-electron chi connectivity index (χ4n) is 4.79. The lowest BCUT2D eigenvalue weighted by Gasteiger charge is -2.39. The molecular weight excluding hydrogens is 428 g/mol. The molecule has 6 rings (SSSR count). The highest BCUT2D eigenvalue weighted by Gasteiger charge is 2.46. The monoisotopic (exact) mass is 449 g/mol. The van der Waals surface area contributed by atoms with E-state index in [0.29, 0.717) is 59.2 Å². The first kappa shape index (κ1) is 20.0. The average Bonchev–Trinajstić information content (AvgIpc) is 3.26. The van der Waals surface area contributed by atoms with Crippen LogP contribution in [0.1, 0.15) is 17.5 Å². The Bertz CT molecular complexity index is 1280. The third-order valence-corrected chi connectivity index (χ3v) is 6.38. The molecule has 3 aliphatic rings. The number of fused-ring (bicyclic) bond motifs is 4. The van der Waals surface area contributed by atoms with Crippen molar-refractivity contribution in [3.05, 3.63) is 65.9 Å². The van der Waals surface area contributed by atoms with Crippen LogP contribution in [0.2, 0.25) is 0 Å². The number of hydrogen-bond donors (Lipinski definition) is 1. The Labute approximate surface area is 188 Å². The number of alkyl halides is 1. The lowest BCUT2D eigenvalue weighted by atomic mass is 9.80. The van der Waals surface area contributed by atoms with Crippen LogP contribution >= 0.6 is 0 Å². The van der Waals surface area contributed by atoms with Crippen LogP contribution < -0.4 is 15.4 Å². The van der Waals surface area contributed by atoms with Gasteiger partial charge in [-0.2, -0.15) is 4.39 Å². The van der Waals surface area contributed by atoms with Gasteiger partial charge in [-0.25, -0.2) is 14.4 Å². The van der Waals surface area contributed by atoms with Gasteiger partial charge in [0, 0.05) is 30.4 Å². The molecule has 2 N–H and O–H groups in total. The summed E-state index contributed by atoms with van der Waals surface area (Å²) in [6, 6.07) is 10.7. The normalized spacial score (nSPS) is 23.6. The minimum absolute atomic E-state index is 0.215. The largest absolute Gasteiger partial charge is 0.438 e. The van der Waals surface area contributed by atoms with E-state index in [1.165, 1.54) is 6.20 Å². The molecule has 1 spiro atoms. The molecule has 5 heterocycles. The van der Waals surface area contributed by atoms with Crippen molar-refractivity contribution in [2.24, 2.45) is 10.7 Å². The number of hydrogen-bond acceptors (Lipinski definition) is 7. The van der Waals surface area contributed by atoms with E-state index in [0.717, 1.165) is 5.69 Å². The van der Waals surface area contributed by atoms with E-state index in [2.05, 4.69) is 9.97 Å². The molecule has 1 fully saturated rings. The van der Waals surface area contributed by atoms with Crippen LogP contribution in [0.25, 0.3) is 11.1 Å². The summed E-state index contributed by atoms with van der Waals surface area (Å²) in [7, 11) is 0. The van der Waals surface area contributed by atoms with Gasteiger partial charge >= 0.3 is 0 Å². The number of halogens is 2. The highest BCUT2D eigenvalue weighted by atomic mass is 19.1. The molecule has 0 radical (unpaired) electrons. The van der Waals surface area contributed by atoms with Gasteiger partial charge in [0.05, 0.1) is 24.1 Å². The SMILES string of the molecule is NC1=NC2(COC1)c1cc(-c3cccnc3F)ccc1Oc1ncc(N3CCC(F)C3)cc12. The first-order valence-corrected chi connectivity index (χ1v) is 10.8. The molecule has 2 atom stereocenters. The van der Waals surface area contributed by atoms with Gasteiger partial charge in [0.1, 0.15) is 29.9 Å². The van der Waals surface area contributed by atoms with Gasteiger partial charge in [-0.3, -0.25) is 4.99 Å². The van der Waals surface area contributed by atoms with Crippen LogP contribution in [-0.4, -0.2) is 48.3 Å². The molecule has 9 heteroatoms. The molecule has 2 unspecified atom stereocenters. The lowest BCUT2D eigenvalue weighted by molar-refractivity contribution is 0.109. The first-order valence-electron chi connectivity index (χ1n) is 10.8. The summed E-state index contributed by atoms with van der Waals surface area (Å²) < 4.78 is 40.3. The van der Waals surface area contributed by atoms with Gasteiger partial charge in [0.2, 0.25) is 11.8 Å². The number of aromatic nitrogens is 2. The van der Waals surface area contributed by atoms with Crippen LogP contribution in [-0.2, 0) is 10.3 Å². The topological polar surface area (TPSA) is 85.9 Å². The fourth-order valence-corrected chi connectivity index (χ4v) is 4.79. The minimum Gasteiger partial charge on any atom is -0.438 e. The van der Waals surface area contributed by atoms with E-state index in [1.54, 1.807) is 30.5 Å². The first-order chi connectivity index (χ1) is 16.0. The molecule has 7 nitrogen and oxygen atoms in total. The molecule has 3 aromatic rings. The summed E-state index contributed by atoms with van der Waals surface area (Å²) in [5, 5.41) is 0. The van der Waals surface area contributed by atoms with Crippen molar-refractivity contribution < 1.29 is 18.3 Å². The molecule has 0 amide bonds. The molecular formula is C24H21F2N5O2. The van der Waals surface area contributed by atoms with E-state index in [1.807, 2.05) is 17.0 Å². The third kappa shape index (κ3) is 3.22. The maximum absolute atomic E-state index is 14.4. The second-order valence-electron chi connectivity index (χ2n) is 8.49. The Hall–Kier alpha value is -3.59. The van der Waals surface area contributed by atoms with E-state index in [-0.39, 0.29) is 13.2 Å². The highest BCUT2D eigenvalue weighted by molar-refractivity contribution is 5.84. The Kier molecular flexibility index (Phi) is 4.55. The lowest BCUT2D eigenvalue weighted by Crippen LogP contribution is -2.42. The standard InChI is InChI=1S/C24H21F2N5O2/c25-15-5-7-31(11-15)16-9-19-23(29-10-16)33-20-4-3-14(17-2-1-6-28-22(17)26)8-18(20)24(19)13-32-12-21(27)30-24/h1-4,6,8-10,15H,5,7,11-13H2,(H2,27,30). The van der Waals surface area contributed by atoms with E-state index < -0.39 is 17.7 Å². The molecule has 3 aliphatic heterocycles. The quantitative estimate of drug-likeness (QED) is 0.602. The second-order valence-corrected chi connectivity index (χ2v) is 8.49. The van der Waals surface area contributed by atoms with E-state index in [9.17, 15) is 8.78 Å². The van der Waals surface area contributed by atoms with Crippen LogP contribution in [0.15, 0.2) is 53.8 Å². The summed E-state index contributed by atoms with van der Waals surface area (Å²) in [4.78, 5) is 15.1. The molecule has 0 saturated carbocycles. The number of ether oxygens (including phenoxy) is 2. The number of nitrogens with zero attached hydrogens (tertiary/aromatic N) is 4. The van der Waals surface area contributed by atoms with Gasteiger partial charge < -0.3 is 20.1 Å². The van der Waals surface area contributed by atoms with Crippen LogP contribution in [0.5, 0.6) is 11.6 Å². The van der Waals surface area contributed by atoms with Gasteiger partial charge in [-0.05, 0) is 42.3 Å². The number of aliphatic imine (C=N–C) groups is 1. The number of anilines is 1. The summed E-state index contributed by atoms with van der Waals surface area (Å²) in [5.74, 6) is 0.714. The summed E-state index contributed by atoms with van der Waals surface area (Å²) in [6.45, 7) is 1.36. The van der Waals surface area contributed by atoms with Crippen molar-refractivity contribution in [3.8, 4) is 22.8 Å².